The summed E-state index contributed by atoms with van der Waals surface area (Å²) in [7, 11) is 0. The third-order valence-electron chi connectivity index (χ3n) is 6.96. The van der Waals surface area contributed by atoms with Gasteiger partial charge in [-0.2, -0.15) is 0 Å². The zero-order valence-corrected chi connectivity index (χ0v) is 21.4. The molecule has 0 unspecified atom stereocenters. The summed E-state index contributed by atoms with van der Waals surface area (Å²) in [6, 6.07) is 5.43. The zero-order valence-electron chi connectivity index (χ0n) is 21.4. The highest BCUT2D eigenvalue weighted by molar-refractivity contribution is 5.88. The van der Waals surface area contributed by atoms with E-state index in [2.05, 4.69) is 0 Å². The summed E-state index contributed by atoms with van der Waals surface area (Å²) in [5, 5.41) is 101. The van der Waals surface area contributed by atoms with Crippen LogP contribution in [0.5, 0.6) is 28.7 Å². The van der Waals surface area contributed by atoms with E-state index in [9.17, 15) is 55.9 Å². The lowest BCUT2D eigenvalue weighted by molar-refractivity contribution is -0.307. The molecular formula is C26H28O16. The molecule has 0 saturated carbocycles. The van der Waals surface area contributed by atoms with Crippen LogP contribution in [0.1, 0.15) is 0 Å². The minimum atomic E-state index is -1.83. The monoisotopic (exact) mass is 596 g/mol. The van der Waals surface area contributed by atoms with E-state index in [0.717, 1.165) is 24.3 Å². The smallest absolute Gasteiger partial charge is 0.238 e. The predicted octanol–water partition coefficient (Wildman–Crippen LogP) is -2.08. The van der Waals surface area contributed by atoms with E-state index >= 15 is 0 Å². The van der Waals surface area contributed by atoms with Gasteiger partial charge in [0.1, 0.15) is 65.2 Å². The Bertz CT molecular complexity index is 1510. The maximum Gasteiger partial charge on any atom is 0.238 e. The first kappa shape index (κ1) is 29.8. The number of hydrogen-bond acceptors (Lipinski definition) is 16. The van der Waals surface area contributed by atoms with Crippen LogP contribution in [0.4, 0.5) is 0 Å². The molecule has 2 saturated heterocycles. The number of benzene rings is 2. The first-order valence-electron chi connectivity index (χ1n) is 12.6. The van der Waals surface area contributed by atoms with Gasteiger partial charge in [0, 0.05) is 17.7 Å². The summed E-state index contributed by atoms with van der Waals surface area (Å²) in [4.78, 5) is 12.8. The molecule has 42 heavy (non-hydrogen) atoms. The van der Waals surface area contributed by atoms with Crippen LogP contribution >= 0.6 is 0 Å². The van der Waals surface area contributed by atoms with Gasteiger partial charge >= 0.3 is 0 Å². The summed E-state index contributed by atoms with van der Waals surface area (Å²) in [5.74, 6) is -3.26. The van der Waals surface area contributed by atoms with Crippen molar-refractivity contribution in [2.75, 3.05) is 13.2 Å². The normalized spacial score (nSPS) is 31.7. The Balaban J connectivity index is 1.39. The van der Waals surface area contributed by atoms with E-state index in [1.165, 1.54) is 6.07 Å². The molecule has 3 heterocycles. The highest BCUT2D eigenvalue weighted by atomic mass is 16.7. The average molecular weight is 596 g/mol. The van der Waals surface area contributed by atoms with Gasteiger partial charge in [0.05, 0.1) is 13.2 Å². The molecule has 0 amide bonds. The van der Waals surface area contributed by atoms with E-state index in [1.54, 1.807) is 0 Å². The Labute approximate surface area is 235 Å². The van der Waals surface area contributed by atoms with Crippen LogP contribution in [-0.2, 0) is 14.2 Å². The van der Waals surface area contributed by atoms with Gasteiger partial charge in [0.25, 0.3) is 0 Å². The summed E-state index contributed by atoms with van der Waals surface area (Å²) < 4.78 is 27.2. The Morgan fingerprint density at radius 3 is 2.21 bits per heavy atom. The third kappa shape index (κ3) is 5.42. The maximum atomic E-state index is 12.8. The van der Waals surface area contributed by atoms with E-state index < -0.39 is 101 Å². The summed E-state index contributed by atoms with van der Waals surface area (Å²) in [6.07, 6.45) is -14.4. The molecule has 0 spiro atoms. The fourth-order valence-corrected chi connectivity index (χ4v) is 4.59. The molecular weight excluding hydrogens is 568 g/mol. The second kappa shape index (κ2) is 11.5. The highest BCUT2D eigenvalue weighted by Gasteiger charge is 2.46. The number of phenolic OH excluding ortho intramolecular Hbond substituents is 3. The van der Waals surface area contributed by atoms with E-state index in [-0.39, 0.29) is 23.5 Å². The lowest BCUT2D eigenvalue weighted by Crippen LogP contribution is -2.61. The van der Waals surface area contributed by atoms with Crippen LogP contribution in [0.2, 0.25) is 0 Å². The fourth-order valence-electron chi connectivity index (χ4n) is 4.59. The van der Waals surface area contributed by atoms with Crippen LogP contribution in [0.15, 0.2) is 39.5 Å². The van der Waals surface area contributed by atoms with Crippen LogP contribution in [0, 0.1) is 0 Å². The number of rotatable bonds is 6. The topological polar surface area (TPSA) is 269 Å². The lowest BCUT2D eigenvalue weighted by Gasteiger charge is -2.41. The largest absolute Gasteiger partial charge is 0.507 e. The van der Waals surface area contributed by atoms with Gasteiger partial charge in [0.15, 0.2) is 23.5 Å². The second-order valence-electron chi connectivity index (χ2n) is 9.84. The highest BCUT2D eigenvalue weighted by Crippen LogP contribution is 2.38. The molecule has 3 aromatic rings. The van der Waals surface area contributed by atoms with Crippen LogP contribution in [-0.4, -0.2) is 120 Å². The first-order chi connectivity index (χ1) is 19.9. The zero-order chi connectivity index (χ0) is 30.5. The molecule has 228 valence electrons. The minimum Gasteiger partial charge on any atom is -0.507 e. The molecule has 2 aliphatic heterocycles. The molecule has 9 atom stereocenters. The van der Waals surface area contributed by atoms with Crippen molar-refractivity contribution in [1.82, 2.24) is 0 Å². The SMILES string of the molecule is O=c1c(O)c(-c2ccc(O)c(O)c2)oc2cc(O[C@H]3O[C@H](CO[C@H]4OC[C@H](O)[C@H](O)[C@H]4O)[C@@H](O)[C@H](O)[C@H]3O)cc(O)c12. The molecule has 2 aromatic carbocycles. The molecule has 5 rings (SSSR count). The van der Waals surface area contributed by atoms with Crippen molar-refractivity contribution in [3.63, 3.8) is 0 Å². The molecule has 2 aliphatic rings. The molecule has 16 nitrogen and oxygen atoms in total. The number of phenols is 3. The van der Waals surface area contributed by atoms with Crippen LogP contribution in [0.3, 0.4) is 0 Å². The van der Waals surface area contributed by atoms with Crippen molar-refractivity contribution in [1.29, 1.82) is 0 Å². The maximum absolute atomic E-state index is 12.8. The van der Waals surface area contributed by atoms with Crippen LogP contribution in [0.25, 0.3) is 22.3 Å². The number of hydrogen-bond donors (Lipinski definition) is 10. The van der Waals surface area contributed by atoms with Crippen molar-refractivity contribution >= 4 is 11.0 Å². The number of ether oxygens (including phenoxy) is 4. The van der Waals surface area contributed by atoms with E-state index in [4.69, 9.17) is 23.4 Å². The summed E-state index contributed by atoms with van der Waals surface area (Å²) in [6.45, 7) is -0.881. The quantitative estimate of drug-likeness (QED) is 0.137. The Hall–Kier alpha value is -3.71. The predicted molar refractivity (Wildman–Crippen MR) is 136 cm³/mol. The Kier molecular flexibility index (Phi) is 8.17. The van der Waals surface area contributed by atoms with Gasteiger partial charge < -0.3 is 74.4 Å². The Morgan fingerprint density at radius 2 is 1.50 bits per heavy atom. The standard InChI is InChI=1S/C26H28O16/c27-10-2-1-8(3-11(10)28)24-21(35)19(33)16-12(29)4-9(5-14(16)41-24)40-26-23(37)20(34)18(32)15(42-26)7-39-25-22(36)17(31)13(30)6-38-25/h1-5,13,15,17-18,20,22-23,25-32,34-37H,6-7H2/t13-,15+,17-,18+,20-,22+,23+,25+,26-/m0/s1. The number of aliphatic hydroxyl groups excluding tert-OH is 6. The Morgan fingerprint density at radius 1 is 0.786 bits per heavy atom. The van der Waals surface area contributed by atoms with Crippen molar-refractivity contribution in [3.05, 3.63) is 40.6 Å². The second-order valence-corrected chi connectivity index (χ2v) is 9.84. The summed E-state index contributed by atoms with van der Waals surface area (Å²) >= 11 is 0. The first-order valence-corrected chi connectivity index (χ1v) is 12.6. The fraction of sp³-hybridized carbons (Fsp3) is 0.423. The molecule has 0 radical (unpaired) electrons. The van der Waals surface area contributed by atoms with E-state index in [1.807, 2.05) is 0 Å². The van der Waals surface area contributed by atoms with Gasteiger partial charge in [0.2, 0.25) is 17.5 Å². The lowest BCUT2D eigenvalue weighted by atomic mass is 9.99. The van der Waals surface area contributed by atoms with E-state index in [0.29, 0.717) is 0 Å². The number of aliphatic hydroxyl groups is 6. The summed E-state index contributed by atoms with van der Waals surface area (Å²) in [5.41, 5.74) is -1.32. The minimum absolute atomic E-state index is 0.00712. The van der Waals surface area contributed by atoms with Gasteiger partial charge in [-0.25, -0.2) is 0 Å². The molecule has 0 bridgehead atoms. The average Bonchev–Trinajstić information content (AvgIpc) is 2.95. The van der Waals surface area contributed by atoms with Gasteiger partial charge in [-0.1, -0.05) is 0 Å². The number of fused-ring (bicyclic) bond motifs is 1. The molecule has 10 N–H and O–H groups in total. The third-order valence-corrected chi connectivity index (χ3v) is 6.96. The van der Waals surface area contributed by atoms with Gasteiger partial charge in [-0.05, 0) is 18.2 Å². The number of aromatic hydroxyl groups is 4. The molecule has 16 heteroatoms. The van der Waals surface area contributed by atoms with Gasteiger partial charge in [-0.15, -0.1) is 0 Å². The van der Waals surface area contributed by atoms with Crippen molar-refractivity contribution in [2.24, 2.45) is 0 Å². The molecule has 2 fully saturated rings. The van der Waals surface area contributed by atoms with Gasteiger partial charge in [-0.3, -0.25) is 4.79 Å². The van der Waals surface area contributed by atoms with Crippen molar-refractivity contribution in [3.8, 4) is 40.1 Å². The van der Waals surface area contributed by atoms with Crippen molar-refractivity contribution in [2.45, 2.75) is 55.3 Å². The molecule has 1 aromatic heterocycles. The van der Waals surface area contributed by atoms with Crippen LogP contribution < -0.4 is 10.2 Å². The molecule has 0 aliphatic carbocycles. The van der Waals surface area contributed by atoms with Crippen molar-refractivity contribution < 1.29 is 74.4 Å².